The molecule has 0 radical (unpaired) electrons. The van der Waals surface area contributed by atoms with Gasteiger partial charge in [0.05, 0.1) is 6.42 Å². The van der Waals surface area contributed by atoms with E-state index in [9.17, 15) is 9.59 Å². The van der Waals surface area contributed by atoms with Crippen molar-refractivity contribution in [3.05, 3.63) is 0 Å². The number of carbonyl (C=O) groups is 2. The summed E-state index contributed by atoms with van der Waals surface area (Å²) in [7, 11) is 0. The van der Waals surface area contributed by atoms with Crippen LogP contribution in [0, 0.1) is 5.92 Å². The third-order valence-electron chi connectivity index (χ3n) is 2.10. The Morgan fingerprint density at radius 2 is 1.92 bits per heavy atom. The SMILES string of the molecule is CC(=O)CC(=O)C1CCOCC1. The summed E-state index contributed by atoms with van der Waals surface area (Å²) in [6.45, 7) is 2.78. The minimum atomic E-state index is -0.0357. The molecule has 0 spiro atoms. The molecular weight excluding hydrogens is 156 g/mol. The maximum absolute atomic E-state index is 11.3. The summed E-state index contributed by atoms with van der Waals surface area (Å²) in [5.74, 6) is 0.125. The van der Waals surface area contributed by atoms with E-state index in [0.29, 0.717) is 13.2 Å². The van der Waals surface area contributed by atoms with Crippen LogP contribution in [0.1, 0.15) is 26.2 Å². The van der Waals surface area contributed by atoms with Gasteiger partial charge in [0.15, 0.2) is 0 Å². The molecule has 0 aliphatic carbocycles. The highest BCUT2D eigenvalue weighted by Crippen LogP contribution is 2.16. The van der Waals surface area contributed by atoms with Gasteiger partial charge in [-0.3, -0.25) is 9.59 Å². The lowest BCUT2D eigenvalue weighted by molar-refractivity contribution is -0.130. The predicted octanol–water partition coefficient (Wildman–Crippen LogP) is 0.961. The standard InChI is InChI=1S/C9H14O3/c1-7(10)6-9(11)8-2-4-12-5-3-8/h8H,2-6H2,1H3. The second kappa shape index (κ2) is 4.36. The summed E-state index contributed by atoms with van der Waals surface area (Å²) in [5, 5.41) is 0. The average Bonchev–Trinajstić information content (AvgIpc) is 2.05. The molecule has 1 fully saturated rings. The molecule has 1 rings (SSSR count). The number of Topliss-reactive ketones (excluding diaryl/α,β-unsaturated/α-hetero) is 2. The van der Waals surface area contributed by atoms with Gasteiger partial charge >= 0.3 is 0 Å². The highest BCUT2D eigenvalue weighted by molar-refractivity contribution is 5.99. The van der Waals surface area contributed by atoms with Crippen molar-refractivity contribution >= 4 is 11.6 Å². The van der Waals surface area contributed by atoms with Crippen LogP contribution in [0.5, 0.6) is 0 Å². The molecule has 0 unspecified atom stereocenters. The van der Waals surface area contributed by atoms with Crippen LogP contribution in [0.2, 0.25) is 0 Å². The van der Waals surface area contributed by atoms with Gasteiger partial charge in [0.25, 0.3) is 0 Å². The Kier molecular flexibility index (Phi) is 3.41. The summed E-state index contributed by atoms with van der Waals surface area (Å²) in [4.78, 5) is 22.0. The first-order valence-electron chi connectivity index (χ1n) is 4.30. The maximum Gasteiger partial charge on any atom is 0.143 e. The third kappa shape index (κ3) is 2.74. The van der Waals surface area contributed by atoms with E-state index in [2.05, 4.69) is 0 Å². The number of carbonyl (C=O) groups excluding carboxylic acids is 2. The molecule has 0 N–H and O–H groups in total. The lowest BCUT2D eigenvalue weighted by Crippen LogP contribution is -2.24. The van der Waals surface area contributed by atoms with Gasteiger partial charge in [0.2, 0.25) is 0 Å². The quantitative estimate of drug-likeness (QED) is 0.592. The zero-order valence-corrected chi connectivity index (χ0v) is 7.34. The van der Waals surface area contributed by atoms with Crippen molar-refractivity contribution in [2.24, 2.45) is 5.92 Å². The summed E-state index contributed by atoms with van der Waals surface area (Å²) in [5.41, 5.74) is 0. The Hall–Kier alpha value is -0.700. The van der Waals surface area contributed by atoms with Gasteiger partial charge in [-0.25, -0.2) is 0 Å². The molecule has 1 aliphatic heterocycles. The first-order valence-corrected chi connectivity index (χ1v) is 4.30. The van der Waals surface area contributed by atoms with Gasteiger partial charge in [0, 0.05) is 19.1 Å². The van der Waals surface area contributed by atoms with Gasteiger partial charge < -0.3 is 4.74 Å². The Morgan fingerprint density at radius 3 is 2.42 bits per heavy atom. The van der Waals surface area contributed by atoms with Crippen molar-refractivity contribution < 1.29 is 14.3 Å². The molecule has 3 heteroatoms. The predicted molar refractivity (Wildman–Crippen MR) is 43.8 cm³/mol. The van der Waals surface area contributed by atoms with E-state index in [-0.39, 0.29) is 23.9 Å². The Balaban J connectivity index is 2.34. The number of hydrogen-bond acceptors (Lipinski definition) is 3. The molecule has 1 saturated heterocycles. The van der Waals surface area contributed by atoms with E-state index in [1.165, 1.54) is 6.92 Å². The molecule has 1 heterocycles. The van der Waals surface area contributed by atoms with E-state index in [1.54, 1.807) is 0 Å². The maximum atomic E-state index is 11.3. The minimum Gasteiger partial charge on any atom is -0.381 e. The smallest absolute Gasteiger partial charge is 0.143 e. The molecule has 0 bridgehead atoms. The van der Waals surface area contributed by atoms with Crippen molar-refractivity contribution in [3.63, 3.8) is 0 Å². The molecule has 0 amide bonds. The number of ether oxygens (including phenoxy) is 1. The van der Waals surface area contributed by atoms with Crippen LogP contribution in [-0.4, -0.2) is 24.8 Å². The fourth-order valence-electron chi connectivity index (χ4n) is 1.41. The summed E-state index contributed by atoms with van der Waals surface area (Å²) in [6, 6.07) is 0. The molecule has 1 aliphatic rings. The average molecular weight is 170 g/mol. The molecule has 12 heavy (non-hydrogen) atoms. The van der Waals surface area contributed by atoms with Crippen LogP contribution in [-0.2, 0) is 14.3 Å². The highest BCUT2D eigenvalue weighted by atomic mass is 16.5. The summed E-state index contributed by atoms with van der Waals surface area (Å²) < 4.78 is 5.12. The van der Waals surface area contributed by atoms with E-state index < -0.39 is 0 Å². The van der Waals surface area contributed by atoms with Crippen LogP contribution in [0.15, 0.2) is 0 Å². The van der Waals surface area contributed by atoms with Gasteiger partial charge in [-0.1, -0.05) is 0 Å². The van der Waals surface area contributed by atoms with Crippen molar-refractivity contribution in [2.75, 3.05) is 13.2 Å². The lowest BCUT2D eigenvalue weighted by Gasteiger charge is -2.20. The molecule has 0 aromatic rings. The largest absolute Gasteiger partial charge is 0.381 e. The van der Waals surface area contributed by atoms with Crippen molar-refractivity contribution in [1.29, 1.82) is 0 Å². The van der Waals surface area contributed by atoms with Crippen molar-refractivity contribution in [1.82, 2.24) is 0 Å². The molecule has 0 aromatic heterocycles. The topological polar surface area (TPSA) is 43.4 Å². The first kappa shape index (κ1) is 9.39. The second-order valence-corrected chi connectivity index (χ2v) is 3.23. The van der Waals surface area contributed by atoms with Gasteiger partial charge in [-0.15, -0.1) is 0 Å². The van der Waals surface area contributed by atoms with E-state index in [1.807, 2.05) is 0 Å². The summed E-state index contributed by atoms with van der Waals surface area (Å²) >= 11 is 0. The van der Waals surface area contributed by atoms with E-state index in [0.717, 1.165) is 12.8 Å². The van der Waals surface area contributed by atoms with Crippen LogP contribution >= 0.6 is 0 Å². The molecule has 0 saturated carbocycles. The Bertz CT molecular complexity index is 180. The zero-order valence-electron chi connectivity index (χ0n) is 7.34. The second-order valence-electron chi connectivity index (χ2n) is 3.23. The molecular formula is C9H14O3. The van der Waals surface area contributed by atoms with Crippen molar-refractivity contribution in [2.45, 2.75) is 26.2 Å². The Morgan fingerprint density at radius 1 is 1.33 bits per heavy atom. The number of rotatable bonds is 3. The van der Waals surface area contributed by atoms with Crippen LogP contribution in [0.3, 0.4) is 0 Å². The first-order chi connectivity index (χ1) is 5.70. The lowest BCUT2D eigenvalue weighted by atomic mass is 9.93. The fraction of sp³-hybridized carbons (Fsp3) is 0.778. The van der Waals surface area contributed by atoms with Gasteiger partial charge in [-0.05, 0) is 19.8 Å². The van der Waals surface area contributed by atoms with Crippen molar-refractivity contribution in [3.8, 4) is 0 Å². The van der Waals surface area contributed by atoms with Crippen LogP contribution < -0.4 is 0 Å². The molecule has 0 aromatic carbocycles. The normalized spacial score (nSPS) is 19.1. The third-order valence-corrected chi connectivity index (χ3v) is 2.10. The van der Waals surface area contributed by atoms with E-state index >= 15 is 0 Å². The molecule has 68 valence electrons. The summed E-state index contributed by atoms with van der Waals surface area (Å²) in [6.07, 6.45) is 1.67. The van der Waals surface area contributed by atoms with Crippen LogP contribution in [0.4, 0.5) is 0 Å². The monoisotopic (exact) mass is 170 g/mol. The fourth-order valence-corrected chi connectivity index (χ4v) is 1.41. The highest BCUT2D eigenvalue weighted by Gasteiger charge is 2.21. The van der Waals surface area contributed by atoms with Crippen LogP contribution in [0.25, 0.3) is 0 Å². The molecule has 0 atom stereocenters. The van der Waals surface area contributed by atoms with Gasteiger partial charge in [0.1, 0.15) is 11.6 Å². The minimum absolute atomic E-state index is 0.0357. The van der Waals surface area contributed by atoms with Gasteiger partial charge in [-0.2, -0.15) is 0 Å². The number of ketones is 2. The number of hydrogen-bond donors (Lipinski definition) is 0. The zero-order chi connectivity index (χ0) is 8.97. The van der Waals surface area contributed by atoms with E-state index in [4.69, 9.17) is 4.74 Å². The Labute approximate surface area is 72.1 Å². The molecule has 3 nitrogen and oxygen atoms in total.